The molecule has 7 heavy (non-hydrogen) atoms. The van der Waals surface area contributed by atoms with Crippen molar-refractivity contribution in [2.24, 2.45) is 11.7 Å². The van der Waals surface area contributed by atoms with Crippen molar-refractivity contribution in [1.29, 1.82) is 0 Å². The molecule has 0 aromatic rings. The van der Waals surface area contributed by atoms with Gasteiger partial charge in [0.2, 0.25) is 0 Å². The molecule has 0 fully saturated rings. The van der Waals surface area contributed by atoms with E-state index in [2.05, 4.69) is 32.0 Å². The van der Waals surface area contributed by atoms with E-state index in [1.165, 1.54) is 0 Å². The first kappa shape index (κ1) is 6.87. The second kappa shape index (κ2) is 4.04. The average Bonchev–Trinajstić information content (AvgIpc) is 1.68. The Hall–Kier alpha value is -0.131. The third-order valence-corrected chi connectivity index (χ3v) is 0.778. The van der Waals surface area contributed by atoms with Gasteiger partial charge in [0, 0.05) is 0 Å². The van der Waals surface area contributed by atoms with Crippen molar-refractivity contribution in [2.45, 2.75) is 0 Å². The van der Waals surface area contributed by atoms with Crippen molar-refractivity contribution in [3.05, 3.63) is 0 Å². The van der Waals surface area contributed by atoms with Gasteiger partial charge < -0.3 is 0 Å². The minimum absolute atomic E-state index is 0.544. The summed E-state index contributed by atoms with van der Waals surface area (Å²) in [6, 6.07) is 0. The van der Waals surface area contributed by atoms with Gasteiger partial charge in [-0.3, -0.25) is 0 Å². The molecule has 0 aliphatic rings. The molecule has 0 bridgehead atoms. The molecule has 7 N–H and O–H groups in total. The molecule has 0 unspecified atom stereocenters. The zero-order chi connectivity index (χ0) is 5.70. The molecular formula is CH7N5Se. The summed E-state index contributed by atoms with van der Waals surface area (Å²) in [5.41, 5.74) is 6.88. The standard InChI is InChI=1S/CH7N5Se/c2-4-1(7)5-6-3/h6H,2-3H2,(H2,4,5,7). The van der Waals surface area contributed by atoms with E-state index < -0.39 is 0 Å². The van der Waals surface area contributed by atoms with Crippen LogP contribution in [0.15, 0.2) is 0 Å². The number of hydrogen-bond acceptors (Lipinski definition) is 5. The van der Waals surface area contributed by atoms with Gasteiger partial charge in [-0.05, 0) is 0 Å². The van der Waals surface area contributed by atoms with Gasteiger partial charge in [-0.25, -0.2) is 0 Å². The molecule has 0 aromatic carbocycles. The van der Waals surface area contributed by atoms with Gasteiger partial charge in [-0.1, -0.05) is 0 Å². The molecule has 0 heterocycles. The van der Waals surface area contributed by atoms with Crippen LogP contribution in [0.1, 0.15) is 0 Å². The third-order valence-electron chi connectivity index (χ3n) is 0.317. The van der Waals surface area contributed by atoms with Gasteiger partial charge in [-0.2, -0.15) is 0 Å². The molecule has 0 rings (SSSR count). The van der Waals surface area contributed by atoms with Crippen molar-refractivity contribution in [1.82, 2.24) is 16.4 Å². The first-order chi connectivity index (χ1) is 3.31. The fourth-order valence-electron chi connectivity index (χ4n) is 0.102. The molecule has 0 aromatic heterocycles. The van der Waals surface area contributed by atoms with Crippen LogP contribution in [0.25, 0.3) is 0 Å². The summed E-state index contributed by atoms with van der Waals surface area (Å²) in [4.78, 5) is 0. The van der Waals surface area contributed by atoms with Crippen LogP contribution in [-0.2, 0) is 0 Å². The molecule has 0 aliphatic heterocycles. The van der Waals surface area contributed by atoms with Crippen molar-refractivity contribution in [3.63, 3.8) is 0 Å². The van der Waals surface area contributed by atoms with Gasteiger partial charge in [-0.15, -0.1) is 0 Å². The summed E-state index contributed by atoms with van der Waals surface area (Å²) >= 11 is 2.55. The van der Waals surface area contributed by atoms with Crippen LogP contribution in [0.5, 0.6) is 0 Å². The first-order valence-corrected chi connectivity index (χ1v) is 2.39. The molecule has 0 spiro atoms. The summed E-state index contributed by atoms with van der Waals surface area (Å²) in [6.45, 7) is 0. The van der Waals surface area contributed by atoms with E-state index in [1.807, 2.05) is 0 Å². The summed E-state index contributed by atoms with van der Waals surface area (Å²) < 4.78 is 0.544. The van der Waals surface area contributed by atoms with E-state index in [4.69, 9.17) is 11.7 Å². The predicted molar refractivity (Wildman–Crippen MR) is 28.5 cm³/mol. The molecule has 0 amide bonds. The van der Waals surface area contributed by atoms with Crippen molar-refractivity contribution < 1.29 is 0 Å². The van der Waals surface area contributed by atoms with Gasteiger partial charge in [0.05, 0.1) is 0 Å². The Kier molecular flexibility index (Phi) is 3.96. The van der Waals surface area contributed by atoms with Crippen LogP contribution in [0.3, 0.4) is 0 Å². The Balaban J connectivity index is 3.00. The molecule has 6 heteroatoms. The molecule has 0 radical (unpaired) electrons. The van der Waals surface area contributed by atoms with Crippen molar-refractivity contribution in [3.8, 4) is 0 Å². The van der Waals surface area contributed by atoms with Crippen molar-refractivity contribution >= 4 is 20.2 Å². The number of rotatable bonds is 3. The van der Waals surface area contributed by atoms with Crippen LogP contribution < -0.4 is 28.1 Å². The second-order valence-electron chi connectivity index (χ2n) is 0.743. The Morgan fingerprint density at radius 2 is 2.00 bits per heavy atom. The molecule has 0 aliphatic carbocycles. The SMILES string of the molecule is NNNC(=[Se])NN. The van der Waals surface area contributed by atoms with Crippen LogP contribution in [0.2, 0.25) is 0 Å². The number of nitrogens with one attached hydrogen (secondary N) is 3. The Morgan fingerprint density at radius 1 is 1.43 bits per heavy atom. The first-order valence-electron chi connectivity index (χ1n) is 1.53. The average molecular weight is 168 g/mol. The Labute approximate surface area is 49.1 Å². The predicted octanol–water partition coefficient (Wildman–Crippen LogP) is -3.33. The summed E-state index contributed by atoms with van der Waals surface area (Å²) in [5, 5.41) is 0. The van der Waals surface area contributed by atoms with Crippen molar-refractivity contribution in [2.75, 3.05) is 0 Å². The van der Waals surface area contributed by atoms with Crippen LogP contribution >= 0.6 is 0 Å². The molecule has 0 atom stereocenters. The van der Waals surface area contributed by atoms with E-state index in [1.54, 1.807) is 0 Å². The van der Waals surface area contributed by atoms with Gasteiger partial charge in [0.1, 0.15) is 0 Å². The van der Waals surface area contributed by atoms with E-state index in [9.17, 15) is 0 Å². The molecule has 42 valence electrons. The fraction of sp³-hybridized carbons (Fsp3) is 0. The number of hydrogen-bond donors (Lipinski definition) is 5. The van der Waals surface area contributed by atoms with Gasteiger partial charge in [0.25, 0.3) is 0 Å². The molecule has 0 saturated heterocycles. The molecule has 0 saturated carbocycles. The topological polar surface area (TPSA) is 88.1 Å². The van der Waals surface area contributed by atoms with E-state index in [0.717, 1.165) is 0 Å². The maximum atomic E-state index is 4.88. The van der Waals surface area contributed by atoms with E-state index >= 15 is 0 Å². The van der Waals surface area contributed by atoms with E-state index in [-0.39, 0.29) is 0 Å². The number of hydrazine groups is 3. The molecule has 5 nitrogen and oxygen atoms in total. The maximum absolute atomic E-state index is 4.88. The van der Waals surface area contributed by atoms with Crippen LogP contribution in [0, 0.1) is 0 Å². The monoisotopic (exact) mass is 169 g/mol. The molecular weight excluding hydrogens is 161 g/mol. The van der Waals surface area contributed by atoms with E-state index in [0.29, 0.717) is 4.67 Å². The summed E-state index contributed by atoms with van der Waals surface area (Å²) in [6.07, 6.45) is 0. The third kappa shape index (κ3) is 3.71. The van der Waals surface area contributed by atoms with Gasteiger partial charge >= 0.3 is 48.3 Å². The second-order valence-corrected chi connectivity index (χ2v) is 1.60. The zero-order valence-corrected chi connectivity index (χ0v) is 5.28. The normalized spacial score (nSPS) is 7.71. The summed E-state index contributed by atoms with van der Waals surface area (Å²) in [5.74, 6) is 9.69. The quantitative estimate of drug-likeness (QED) is 0.173. The van der Waals surface area contributed by atoms with Gasteiger partial charge in [0.15, 0.2) is 0 Å². The Bertz CT molecular complexity index is 61.1. The zero-order valence-electron chi connectivity index (χ0n) is 3.56. The summed E-state index contributed by atoms with van der Waals surface area (Å²) in [7, 11) is 0. The van der Waals surface area contributed by atoms with Crippen LogP contribution in [-0.4, -0.2) is 20.2 Å². The Morgan fingerprint density at radius 3 is 2.14 bits per heavy atom. The van der Waals surface area contributed by atoms with Crippen LogP contribution in [0.4, 0.5) is 0 Å². The fourth-order valence-corrected chi connectivity index (χ4v) is 0.225. The minimum atomic E-state index is 0.544. The number of nitrogens with two attached hydrogens (primary N) is 2.